The van der Waals surface area contributed by atoms with Gasteiger partial charge >= 0.3 is 0 Å². The Bertz CT molecular complexity index is 158. The van der Waals surface area contributed by atoms with Gasteiger partial charge in [0, 0.05) is 26.4 Å². The van der Waals surface area contributed by atoms with Crippen molar-refractivity contribution in [2.75, 3.05) is 39.5 Å². The lowest BCUT2D eigenvalue weighted by Gasteiger charge is -2.21. The standard InChI is InChI=1S/C14H29NO2/c1-2-8-15-9-13-16-10-4-3-5-14-6-11-17-12-7-14/h14-15H,2-13H2,1H3. The van der Waals surface area contributed by atoms with Crippen LogP contribution in [0.25, 0.3) is 0 Å². The molecule has 1 rings (SSSR count). The molecule has 0 aromatic carbocycles. The Kier molecular flexibility index (Phi) is 9.66. The van der Waals surface area contributed by atoms with E-state index in [0.717, 1.165) is 45.4 Å². The Morgan fingerprint density at radius 3 is 2.71 bits per heavy atom. The smallest absolute Gasteiger partial charge is 0.0590 e. The minimum Gasteiger partial charge on any atom is -0.381 e. The van der Waals surface area contributed by atoms with Gasteiger partial charge in [-0.05, 0) is 38.1 Å². The van der Waals surface area contributed by atoms with Gasteiger partial charge in [0.15, 0.2) is 0 Å². The number of nitrogens with one attached hydrogen (secondary N) is 1. The maximum Gasteiger partial charge on any atom is 0.0590 e. The molecule has 1 saturated heterocycles. The summed E-state index contributed by atoms with van der Waals surface area (Å²) >= 11 is 0. The van der Waals surface area contributed by atoms with Crippen LogP contribution in [0.15, 0.2) is 0 Å². The van der Waals surface area contributed by atoms with Gasteiger partial charge in [-0.2, -0.15) is 0 Å². The van der Waals surface area contributed by atoms with Crippen LogP contribution < -0.4 is 5.32 Å². The van der Waals surface area contributed by atoms with E-state index in [-0.39, 0.29) is 0 Å². The van der Waals surface area contributed by atoms with Gasteiger partial charge in [-0.25, -0.2) is 0 Å². The first kappa shape index (κ1) is 14.9. The molecule has 0 atom stereocenters. The number of unbranched alkanes of at least 4 members (excludes halogenated alkanes) is 1. The molecule has 0 aliphatic carbocycles. The monoisotopic (exact) mass is 243 g/mol. The van der Waals surface area contributed by atoms with Crippen LogP contribution in [-0.2, 0) is 9.47 Å². The summed E-state index contributed by atoms with van der Waals surface area (Å²) in [6.07, 6.45) is 7.62. The summed E-state index contributed by atoms with van der Waals surface area (Å²) in [5.41, 5.74) is 0. The van der Waals surface area contributed by atoms with E-state index < -0.39 is 0 Å². The minimum absolute atomic E-state index is 0.858. The van der Waals surface area contributed by atoms with Crippen LogP contribution in [0.2, 0.25) is 0 Å². The molecule has 0 unspecified atom stereocenters. The molecular weight excluding hydrogens is 214 g/mol. The zero-order valence-electron chi connectivity index (χ0n) is 11.4. The zero-order valence-corrected chi connectivity index (χ0v) is 11.4. The highest BCUT2D eigenvalue weighted by Gasteiger charge is 2.12. The number of hydrogen-bond donors (Lipinski definition) is 1. The first-order valence-corrected chi connectivity index (χ1v) is 7.29. The van der Waals surface area contributed by atoms with Crippen molar-refractivity contribution in [3.8, 4) is 0 Å². The number of hydrogen-bond acceptors (Lipinski definition) is 3. The molecule has 3 nitrogen and oxygen atoms in total. The molecule has 0 radical (unpaired) electrons. The van der Waals surface area contributed by atoms with Gasteiger partial charge in [-0.3, -0.25) is 0 Å². The fraction of sp³-hybridized carbons (Fsp3) is 1.00. The van der Waals surface area contributed by atoms with E-state index >= 15 is 0 Å². The van der Waals surface area contributed by atoms with Crippen LogP contribution in [0.5, 0.6) is 0 Å². The van der Waals surface area contributed by atoms with Gasteiger partial charge in [0.25, 0.3) is 0 Å². The Labute approximate surface area is 106 Å². The summed E-state index contributed by atoms with van der Waals surface area (Å²) in [7, 11) is 0. The largest absolute Gasteiger partial charge is 0.381 e. The first-order valence-electron chi connectivity index (χ1n) is 7.29. The predicted molar refractivity (Wildman–Crippen MR) is 71.4 cm³/mol. The molecule has 0 bridgehead atoms. The Balaban J connectivity index is 1.75. The van der Waals surface area contributed by atoms with Crippen molar-refractivity contribution < 1.29 is 9.47 Å². The molecule has 1 aliphatic rings. The van der Waals surface area contributed by atoms with Gasteiger partial charge < -0.3 is 14.8 Å². The Morgan fingerprint density at radius 2 is 1.94 bits per heavy atom. The minimum atomic E-state index is 0.858. The van der Waals surface area contributed by atoms with Crippen molar-refractivity contribution >= 4 is 0 Å². The molecule has 0 aromatic heterocycles. The summed E-state index contributed by atoms with van der Waals surface area (Å²) in [5.74, 6) is 0.912. The molecule has 1 heterocycles. The van der Waals surface area contributed by atoms with E-state index in [1.165, 1.54) is 38.5 Å². The normalized spacial score (nSPS) is 17.5. The molecule has 0 amide bonds. The highest BCUT2D eigenvalue weighted by atomic mass is 16.5. The van der Waals surface area contributed by atoms with Gasteiger partial charge in [-0.15, -0.1) is 0 Å². The molecule has 1 fully saturated rings. The highest BCUT2D eigenvalue weighted by molar-refractivity contribution is 4.63. The SMILES string of the molecule is CCCNCCOCCCCC1CCOCC1. The molecule has 102 valence electrons. The van der Waals surface area contributed by atoms with Crippen molar-refractivity contribution in [3.05, 3.63) is 0 Å². The van der Waals surface area contributed by atoms with Gasteiger partial charge in [-0.1, -0.05) is 19.8 Å². The van der Waals surface area contributed by atoms with Crippen LogP contribution in [0.3, 0.4) is 0 Å². The lowest BCUT2D eigenvalue weighted by Crippen LogP contribution is -2.20. The summed E-state index contributed by atoms with van der Waals surface area (Å²) < 4.78 is 10.9. The lowest BCUT2D eigenvalue weighted by molar-refractivity contribution is 0.0617. The van der Waals surface area contributed by atoms with E-state index in [2.05, 4.69) is 12.2 Å². The molecule has 1 N–H and O–H groups in total. The molecule has 17 heavy (non-hydrogen) atoms. The van der Waals surface area contributed by atoms with Gasteiger partial charge in [0.2, 0.25) is 0 Å². The van der Waals surface area contributed by atoms with Crippen LogP contribution in [0.1, 0.15) is 45.4 Å². The second-order valence-electron chi connectivity index (χ2n) is 4.91. The average molecular weight is 243 g/mol. The molecular formula is C14H29NO2. The average Bonchev–Trinajstić information content (AvgIpc) is 2.38. The number of ether oxygens (including phenoxy) is 2. The molecule has 1 aliphatic heterocycles. The topological polar surface area (TPSA) is 30.5 Å². The molecule has 3 heteroatoms. The predicted octanol–water partition coefficient (Wildman–Crippen LogP) is 2.60. The van der Waals surface area contributed by atoms with E-state index in [1.54, 1.807) is 0 Å². The van der Waals surface area contributed by atoms with E-state index in [9.17, 15) is 0 Å². The van der Waals surface area contributed by atoms with Crippen molar-refractivity contribution in [2.24, 2.45) is 5.92 Å². The van der Waals surface area contributed by atoms with Crippen LogP contribution in [-0.4, -0.2) is 39.5 Å². The lowest BCUT2D eigenvalue weighted by atomic mass is 9.94. The van der Waals surface area contributed by atoms with E-state index in [0.29, 0.717) is 0 Å². The third kappa shape index (κ3) is 8.58. The van der Waals surface area contributed by atoms with Gasteiger partial charge in [0.1, 0.15) is 0 Å². The van der Waals surface area contributed by atoms with Gasteiger partial charge in [0.05, 0.1) is 6.61 Å². The Morgan fingerprint density at radius 1 is 1.12 bits per heavy atom. The number of rotatable bonds is 10. The zero-order chi connectivity index (χ0) is 12.2. The summed E-state index contributed by atoms with van der Waals surface area (Å²) in [5, 5.41) is 3.34. The van der Waals surface area contributed by atoms with Crippen LogP contribution in [0.4, 0.5) is 0 Å². The third-order valence-corrected chi connectivity index (χ3v) is 3.34. The summed E-state index contributed by atoms with van der Waals surface area (Å²) in [4.78, 5) is 0. The van der Waals surface area contributed by atoms with E-state index in [4.69, 9.17) is 9.47 Å². The second-order valence-corrected chi connectivity index (χ2v) is 4.91. The fourth-order valence-electron chi connectivity index (χ4n) is 2.22. The fourth-order valence-corrected chi connectivity index (χ4v) is 2.22. The van der Waals surface area contributed by atoms with Crippen molar-refractivity contribution in [2.45, 2.75) is 45.4 Å². The van der Waals surface area contributed by atoms with Crippen molar-refractivity contribution in [1.29, 1.82) is 0 Å². The highest BCUT2D eigenvalue weighted by Crippen LogP contribution is 2.20. The van der Waals surface area contributed by atoms with E-state index in [1.807, 2.05) is 0 Å². The molecule has 0 spiro atoms. The first-order chi connectivity index (χ1) is 8.43. The van der Waals surface area contributed by atoms with Crippen molar-refractivity contribution in [1.82, 2.24) is 5.32 Å². The maximum atomic E-state index is 5.58. The second kappa shape index (κ2) is 11.0. The summed E-state index contributed by atoms with van der Waals surface area (Å²) in [6, 6.07) is 0. The maximum absolute atomic E-state index is 5.58. The Hall–Kier alpha value is -0.120. The molecule has 0 aromatic rings. The third-order valence-electron chi connectivity index (χ3n) is 3.34. The van der Waals surface area contributed by atoms with Crippen LogP contribution in [0, 0.1) is 5.92 Å². The quantitative estimate of drug-likeness (QED) is 0.598. The van der Waals surface area contributed by atoms with Crippen molar-refractivity contribution in [3.63, 3.8) is 0 Å². The summed E-state index contributed by atoms with van der Waals surface area (Å²) in [6.45, 7) is 8.02. The molecule has 0 saturated carbocycles. The van der Waals surface area contributed by atoms with Crippen LogP contribution >= 0.6 is 0 Å².